The molecule has 0 atom stereocenters. The first-order valence-electron chi connectivity index (χ1n) is 7.34. The van der Waals surface area contributed by atoms with E-state index in [9.17, 15) is 14.3 Å². The number of amides is 1. The van der Waals surface area contributed by atoms with Gasteiger partial charge in [-0.1, -0.05) is 6.92 Å². The van der Waals surface area contributed by atoms with Crippen molar-refractivity contribution in [1.82, 2.24) is 9.88 Å². The molecule has 0 aromatic carbocycles. The topological polar surface area (TPSA) is 65.5 Å². The van der Waals surface area contributed by atoms with Gasteiger partial charge in [0.1, 0.15) is 11.6 Å². The Balaban J connectivity index is 2.07. The van der Waals surface area contributed by atoms with Crippen LogP contribution >= 0.6 is 0 Å². The van der Waals surface area contributed by atoms with Crippen molar-refractivity contribution in [2.24, 2.45) is 5.92 Å². The van der Waals surface area contributed by atoms with E-state index in [0.717, 1.165) is 25.5 Å². The van der Waals surface area contributed by atoms with Gasteiger partial charge >= 0.3 is 0 Å². The zero-order chi connectivity index (χ0) is 15.4. The van der Waals surface area contributed by atoms with Gasteiger partial charge < -0.3 is 15.3 Å². The highest BCUT2D eigenvalue weighted by molar-refractivity contribution is 5.98. The quantitative estimate of drug-likeness (QED) is 0.841. The third-order valence-corrected chi connectivity index (χ3v) is 3.72. The van der Waals surface area contributed by atoms with E-state index < -0.39 is 5.82 Å². The van der Waals surface area contributed by atoms with Gasteiger partial charge in [0.25, 0.3) is 5.91 Å². The van der Waals surface area contributed by atoms with Gasteiger partial charge in [0.05, 0.1) is 17.9 Å². The predicted molar refractivity (Wildman–Crippen MR) is 78.7 cm³/mol. The summed E-state index contributed by atoms with van der Waals surface area (Å²) in [5.41, 5.74) is 0.255. The summed E-state index contributed by atoms with van der Waals surface area (Å²) in [6.07, 6.45) is 3.20. The zero-order valence-corrected chi connectivity index (χ0v) is 12.5. The summed E-state index contributed by atoms with van der Waals surface area (Å²) in [4.78, 5) is 18.0. The molecule has 0 bridgehead atoms. The second-order valence-electron chi connectivity index (χ2n) is 5.65. The summed E-state index contributed by atoms with van der Waals surface area (Å²) in [6, 6.07) is 1.22. The molecule has 1 amide bonds. The fourth-order valence-electron chi connectivity index (χ4n) is 2.51. The number of aliphatic hydroxyl groups excluding tert-OH is 1. The highest BCUT2D eigenvalue weighted by atomic mass is 19.1. The average molecular weight is 295 g/mol. The Morgan fingerprint density at radius 2 is 2.29 bits per heavy atom. The lowest BCUT2D eigenvalue weighted by molar-refractivity contribution is 0.0265. The maximum atomic E-state index is 13.4. The van der Waals surface area contributed by atoms with Crippen molar-refractivity contribution in [3.8, 4) is 0 Å². The summed E-state index contributed by atoms with van der Waals surface area (Å²) in [5, 5.41) is 12.3. The average Bonchev–Trinajstić information content (AvgIpc) is 2.43. The van der Waals surface area contributed by atoms with Crippen LogP contribution < -0.4 is 5.32 Å². The molecule has 0 saturated heterocycles. The molecule has 0 unspecified atom stereocenters. The third-order valence-electron chi connectivity index (χ3n) is 3.72. The van der Waals surface area contributed by atoms with E-state index in [-0.39, 0.29) is 17.6 Å². The number of hydrogen-bond donors (Lipinski definition) is 2. The van der Waals surface area contributed by atoms with Crippen LogP contribution in [0, 0.1) is 11.7 Å². The number of hydrogen-bond acceptors (Lipinski definition) is 4. The van der Waals surface area contributed by atoms with Gasteiger partial charge in [-0.3, -0.25) is 4.79 Å². The largest absolute Gasteiger partial charge is 0.393 e. The van der Waals surface area contributed by atoms with Crippen LogP contribution in [0.5, 0.6) is 0 Å². The molecule has 6 heteroatoms. The lowest BCUT2D eigenvalue weighted by Gasteiger charge is -2.34. The van der Waals surface area contributed by atoms with Gasteiger partial charge in [0.2, 0.25) is 0 Å². The molecule has 116 valence electrons. The summed E-state index contributed by atoms with van der Waals surface area (Å²) < 4.78 is 13.4. The monoisotopic (exact) mass is 295 g/mol. The molecular formula is C15H22FN3O2. The van der Waals surface area contributed by atoms with Crippen LogP contribution in [-0.2, 0) is 0 Å². The van der Waals surface area contributed by atoms with Crippen LogP contribution in [0.2, 0.25) is 0 Å². The fraction of sp³-hybridized carbons (Fsp3) is 0.600. The van der Waals surface area contributed by atoms with Gasteiger partial charge in [-0.25, -0.2) is 9.37 Å². The van der Waals surface area contributed by atoms with Gasteiger partial charge in [0, 0.05) is 20.1 Å². The van der Waals surface area contributed by atoms with Crippen LogP contribution in [0.4, 0.5) is 10.2 Å². The van der Waals surface area contributed by atoms with Crippen molar-refractivity contribution in [3.05, 3.63) is 23.6 Å². The Labute approximate surface area is 124 Å². The number of nitrogens with one attached hydrogen (secondary N) is 1. The standard InChI is InChI=1S/C15H22FN3O2/c1-3-4-17-14-13(7-11(16)8-18-14)15(21)19(2)9-10-5-12(20)6-10/h7-8,10,12,20H,3-6,9H2,1-2H3,(H,17,18). The van der Waals surface area contributed by atoms with Crippen LogP contribution in [0.15, 0.2) is 12.3 Å². The number of halogens is 1. The SMILES string of the molecule is CCCNc1ncc(F)cc1C(=O)N(C)CC1CC(O)C1. The van der Waals surface area contributed by atoms with E-state index in [2.05, 4.69) is 10.3 Å². The molecular weight excluding hydrogens is 273 g/mol. The second kappa shape index (κ2) is 6.85. The summed E-state index contributed by atoms with van der Waals surface area (Å²) in [7, 11) is 1.70. The maximum absolute atomic E-state index is 13.4. The first-order chi connectivity index (χ1) is 10.0. The number of pyridine rings is 1. The molecule has 1 heterocycles. The Morgan fingerprint density at radius 3 is 2.90 bits per heavy atom. The Bertz CT molecular complexity index is 504. The third kappa shape index (κ3) is 3.91. The fourth-order valence-corrected chi connectivity index (χ4v) is 2.51. The lowest BCUT2D eigenvalue weighted by atomic mass is 9.82. The minimum atomic E-state index is -0.520. The number of rotatable bonds is 6. The van der Waals surface area contributed by atoms with Crippen molar-refractivity contribution in [2.45, 2.75) is 32.3 Å². The van der Waals surface area contributed by atoms with E-state index in [1.54, 1.807) is 11.9 Å². The minimum absolute atomic E-state index is 0.240. The van der Waals surface area contributed by atoms with Crippen LogP contribution in [0.3, 0.4) is 0 Å². The molecule has 1 aromatic rings. The highest BCUT2D eigenvalue weighted by Gasteiger charge is 2.30. The Morgan fingerprint density at radius 1 is 1.57 bits per heavy atom. The molecule has 1 aliphatic rings. The Hall–Kier alpha value is -1.69. The van der Waals surface area contributed by atoms with Gasteiger partial charge in [-0.2, -0.15) is 0 Å². The molecule has 1 aromatic heterocycles. The van der Waals surface area contributed by atoms with E-state index in [1.807, 2.05) is 6.92 Å². The lowest BCUT2D eigenvalue weighted by Crippen LogP contribution is -2.39. The van der Waals surface area contributed by atoms with Gasteiger partial charge in [0.15, 0.2) is 0 Å². The van der Waals surface area contributed by atoms with Crippen molar-refractivity contribution in [1.29, 1.82) is 0 Å². The van der Waals surface area contributed by atoms with Crippen molar-refractivity contribution >= 4 is 11.7 Å². The smallest absolute Gasteiger partial charge is 0.257 e. The van der Waals surface area contributed by atoms with E-state index >= 15 is 0 Å². The number of aliphatic hydroxyl groups is 1. The number of carbonyl (C=O) groups excluding carboxylic acids is 1. The first-order valence-corrected chi connectivity index (χ1v) is 7.34. The molecule has 1 fully saturated rings. The molecule has 0 aliphatic heterocycles. The molecule has 21 heavy (non-hydrogen) atoms. The number of anilines is 1. The molecule has 0 spiro atoms. The van der Waals surface area contributed by atoms with Crippen molar-refractivity contribution < 1.29 is 14.3 Å². The summed E-state index contributed by atoms with van der Waals surface area (Å²) in [6.45, 7) is 3.25. The van der Waals surface area contributed by atoms with Gasteiger partial charge in [-0.15, -0.1) is 0 Å². The number of aromatic nitrogens is 1. The van der Waals surface area contributed by atoms with Gasteiger partial charge in [-0.05, 0) is 31.2 Å². The number of carbonyl (C=O) groups is 1. The highest BCUT2D eigenvalue weighted by Crippen LogP contribution is 2.28. The molecule has 1 aliphatic carbocycles. The normalized spacial score (nSPS) is 20.8. The Kier molecular flexibility index (Phi) is 5.12. The number of nitrogens with zero attached hydrogens (tertiary/aromatic N) is 2. The molecule has 2 N–H and O–H groups in total. The van der Waals surface area contributed by atoms with E-state index in [4.69, 9.17) is 0 Å². The van der Waals surface area contributed by atoms with Crippen LogP contribution in [0.1, 0.15) is 36.5 Å². The van der Waals surface area contributed by atoms with Crippen LogP contribution in [0.25, 0.3) is 0 Å². The zero-order valence-electron chi connectivity index (χ0n) is 12.5. The van der Waals surface area contributed by atoms with E-state index in [0.29, 0.717) is 24.8 Å². The summed E-state index contributed by atoms with van der Waals surface area (Å²) in [5.74, 6) is -0.0267. The van der Waals surface area contributed by atoms with Crippen molar-refractivity contribution in [2.75, 3.05) is 25.5 Å². The maximum Gasteiger partial charge on any atom is 0.257 e. The van der Waals surface area contributed by atoms with Crippen LogP contribution in [-0.4, -0.2) is 47.1 Å². The minimum Gasteiger partial charge on any atom is -0.393 e. The van der Waals surface area contributed by atoms with E-state index in [1.165, 1.54) is 6.07 Å². The van der Waals surface area contributed by atoms with Crippen molar-refractivity contribution in [3.63, 3.8) is 0 Å². The predicted octanol–water partition coefficient (Wildman–Crippen LogP) is 1.89. The summed E-state index contributed by atoms with van der Waals surface area (Å²) >= 11 is 0. The molecule has 2 rings (SSSR count). The molecule has 0 radical (unpaired) electrons. The molecule has 5 nitrogen and oxygen atoms in total. The first kappa shape index (κ1) is 15.7. The molecule has 1 saturated carbocycles. The second-order valence-corrected chi connectivity index (χ2v) is 5.65.